The van der Waals surface area contributed by atoms with Crippen molar-refractivity contribution in [3.05, 3.63) is 59.8 Å². The number of hydrogen-bond donors (Lipinski definition) is 0. The Morgan fingerprint density at radius 2 is 1.82 bits per heavy atom. The molecule has 0 aliphatic carbocycles. The van der Waals surface area contributed by atoms with E-state index >= 15 is 0 Å². The minimum absolute atomic E-state index is 0.0151. The van der Waals surface area contributed by atoms with Crippen LogP contribution in [-0.2, 0) is 20.6 Å². The fraction of sp³-hybridized carbons (Fsp3) is 0.357. The van der Waals surface area contributed by atoms with Crippen LogP contribution in [0, 0.1) is 25.2 Å². The summed E-state index contributed by atoms with van der Waals surface area (Å²) in [4.78, 5) is 35.8. The van der Waals surface area contributed by atoms with Crippen LogP contribution < -0.4 is 16.8 Å². The first kappa shape index (κ1) is 15.4. The Hall–Kier alpha value is -2.95. The summed E-state index contributed by atoms with van der Waals surface area (Å²) in [7, 11) is 2.89. The fourth-order valence-electron chi connectivity index (χ4n) is 2.09. The summed E-state index contributed by atoms with van der Waals surface area (Å²) in [5.41, 5.74) is -0.0584. The predicted molar refractivity (Wildman–Crippen MR) is 78.7 cm³/mol. The molecule has 0 aromatic carbocycles. The average molecular weight is 301 g/mol. The largest absolute Gasteiger partial charge is 0.330 e. The molecule has 0 aliphatic heterocycles. The maximum absolute atomic E-state index is 12.2. The van der Waals surface area contributed by atoms with Crippen LogP contribution in [0.1, 0.15) is 22.5 Å². The van der Waals surface area contributed by atoms with E-state index in [0.717, 1.165) is 9.25 Å². The van der Waals surface area contributed by atoms with Crippen molar-refractivity contribution < 1.29 is 0 Å². The number of hydrogen-bond acceptors (Lipinski definition) is 5. The third kappa shape index (κ3) is 2.37. The highest BCUT2D eigenvalue weighted by Crippen LogP contribution is 2.05. The molecule has 0 saturated heterocycles. The number of aryl methyl sites for hydroxylation is 1. The quantitative estimate of drug-likeness (QED) is 0.721. The van der Waals surface area contributed by atoms with E-state index in [1.807, 2.05) is 6.07 Å². The van der Waals surface area contributed by atoms with Crippen molar-refractivity contribution in [1.82, 2.24) is 18.9 Å². The molecule has 0 unspecified atom stereocenters. The van der Waals surface area contributed by atoms with E-state index in [-0.39, 0.29) is 12.1 Å². The van der Waals surface area contributed by atoms with Gasteiger partial charge in [0.1, 0.15) is 11.6 Å². The molecular weight excluding hydrogens is 286 g/mol. The molecule has 0 amide bonds. The Morgan fingerprint density at radius 1 is 1.18 bits per heavy atom. The Bertz CT molecular complexity index is 972. The van der Waals surface area contributed by atoms with Crippen LogP contribution in [0.2, 0.25) is 0 Å². The highest BCUT2D eigenvalue weighted by Gasteiger charge is 2.13. The minimum atomic E-state index is -0.543. The van der Waals surface area contributed by atoms with Crippen LogP contribution in [0.4, 0.5) is 0 Å². The van der Waals surface area contributed by atoms with Gasteiger partial charge in [-0.2, -0.15) is 10.4 Å². The first-order chi connectivity index (χ1) is 10.3. The van der Waals surface area contributed by atoms with Crippen LogP contribution in [0.5, 0.6) is 0 Å². The van der Waals surface area contributed by atoms with Gasteiger partial charge in [0.15, 0.2) is 0 Å². The molecule has 2 heterocycles. The molecule has 8 nitrogen and oxygen atoms in total. The second kappa shape index (κ2) is 5.44. The summed E-state index contributed by atoms with van der Waals surface area (Å²) in [6, 6.07) is 3.14. The number of nitrogens with zero attached hydrogens (tertiary/aromatic N) is 5. The molecule has 114 valence electrons. The third-order valence-electron chi connectivity index (χ3n) is 3.69. The van der Waals surface area contributed by atoms with Gasteiger partial charge in [0.05, 0.1) is 12.2 Å². The summed E-state index contributed by atoms with van der Waals surface area (Å²) in [5, 5.41) is 13.2. The monoisotopic (exact) mass is 301 g/mol. The molecule has 2 aromatic heterocycles. The third-order valence-corrected chi connectivity index (χ3v) is 3.69. The van der Waals surface area contributed by atoms with E-state index < -0.39 is 16.8 Å². The standard InChI is InChI=1S/C14H15N5O3/c1-8-9(2)16-19(13(21)11(8)6-15)7-10-5-12(20)18(4)14(22)17(10)3/h5H,7H2,1-4H3. The Morgan fingerprint density at radius 3 is 2.41 bits per heavy atom. The molecule has 0 bridgehead atoms. The van der Waals surface area contributed by atoms with Gasteiger partial charge in [0, 0.05) is 25.9 Å². The molecule has 0 fully saturated rings. The molecule has 2 rings (SSSR count). The minimum Gasteiger partial charge on any atom is -0.299 e. The summed E-state index contributed by atoms with van der Waals surface area (Å²) >= 11 is 0. The molecule has 0 N–H and O–H groups in total. The van der Waals surface area contributed by atoms with E-state index in [2.05, 4.69) is 5.10 Å². The lowest BCUT2D eigenvalue weighted by molar-refractivity contribution is 0.567. The van der Waals surface area contributed by atoms with Gasteiger partial charge in [-0.15, -0.1) is 0 Å². The van der Waals surface area contributed by atoms with Crippen molar-refractivity contribution in [2.24, 2.45) is 14.1 Å². The van der Waals surface area contributed by atoms with Gasteiger partial charge in [0.25, 0.3) is 11.1 Å². The lowest BCUT2D eigenvalue weighted by Crippen LogP contribution is -2.39. The Labute approximate surface area is 125 Å². The average Bonchev–Trinajstić information content (AvgIpc) is 2.48. The van der Waals surface area contributed by atoms with Gasteiger partial charge in [-0.05, 0) is 19.4 Å². The molecule has 2 aromatic rings. The van der Waals surface area contributed by atoms with Crippen molar-refractivity contribution >= 4 is 0 Å². The van der Waals surface area contributed by atoms with Crippen LogP contribution in [-0.4, -0.2) is 18.9 Å². The number of aromatic nitrogens is 4. The first-order valence-corrected chi connectivity index (χ1v) is 6.52. The van der Waals surface area contributed by atoms with Gasteiger partial charge in [0.2, 0.25) is 0 Å². The molecule has 8 heteroatoms. The smallest absolute Gasteiger partial charge is 0.299 e. The van der Waals surface area contributed by atoms with E-state index in [0.29, 0.717) is 17.0 Å². The summed E-state index contributed by atoms with van der Waals surface area (Å²) in [6.45, 7) is 3.28. The number of rotatable bonds is 2. The van der Waals surface area contributed by atoms with Crippen molar-refractivity contribution in [2.75, 3.05) is 0 Å². The Kier molecular flexibility index (Phi) is 3.82. The second-order valence-electron chi connectivity index (χ2n) is 5.03. The zero-order chi connectivity index (χ0) is 16.6. The number of nitriles is 1. The summed E-state index contributed by atoms with van der Waals surface area (Å²) in [5.74, 6) is 0. The SMILES string of the molecule is Cc1nn(Cc2cc(=O)n(C)c(=O)n2C)c(=O)c(C#N)c1C. The van der Waals surface area contributed by atoms with Crippen LogP contribution in [0.15, 0.2) is 20.4 Å². The van der Waals surface area contributed by atoms with Crippen LogP contribution in [0.25, 0.3) is 0 Å². The van der Waals surface area contributed by atoms with Gasteiger partial charge < -0.3 is 0 Å². The van der Waals surface area contributed by atoms with Crippen LogP contribution >= 0.6 is 0 Å². The van der Waals surface area contributed by atoms with Crippen molar-refractivity contribution in [2.45, 2.75) is 20.4 Å². The van der Waals surface area contributed by atoms with Crippen molar-refractivity contribution in [3.8, 4) is 6.07 Å². The molecule has 22 heavy (non-hydrogen) atoms. The van der Waals surface area contributed by atoms with Crippen molar-refractivity contribution in [3.63, 3.8) is 0 Å². The fourth-order valence-corrected chi connectivity index (χ4v) is 2.09. The Balaban J connectivity index is 2.66. The predicted octanol–water partition coefficient (Wildman–Crippen LogP) is -0.822. The summed E-state index contributed by atoms with van der Waals surface area (Å²) in [6.07, 6.45) is 0. The topological polar surface area (TPSA) is 103 Å². The normalized spacial score (nSPS) is 10.5. The maximum atomic E-state index is 12.2. The van der Waals surface area contributed by atoms with Crippen LogP contribution in [0.3, 0.4) is 0 Å². The zero-order valence-corrected chi connectivity index (χ0v) is 12.7. The van der Waals surface area contributed by atoms with E-state index in [1.165, 1.54) is 24.7 Å². The lowest BCUT2D eigenvalue weighted by Gasteiger charge is -2.12. The van der Waals surface area contributed by atoms with E-state index in [4.69, 9.17) is 5.26 Å². The van der Waals surface area contributed by atoms with Gasteiger partial charge in [-0.25, -0.2) is 9.48 Å². The second-order valence-corrected chi connectivity index (χ2v) is 5.03. The lowest BCUT2D eigenvalue weighted by atomic mass is 10.1. The molecule has 0 atom stereocenters. The van der Waals surface area contributed by atoms with E-state index in [1.54, 1.807) is 13.8 Å². The van der Waals surface area contributed by atoms with Gasteiger partial charge in [-0.1, -0.05) is 0 Å². The molecule has 0 spiro atoms. The highest BCUT2D eigenvalue weighted by atomic mass is 16.2. The maximum Gasteiger partial charge on any atom is 0.330 e. The molecule has 0 aliphatic rings. The van der Waals surface area contributed by atoms with Crippen molar-refractivity contribution in [1.29, 1.82) is 5.26 Å². The molecule has 0 saturated carbocycles. The van der Waals surface area contributed by atoms with Gasteiger partial charge >= 0.3 is 5.69 Å². The van der Waals surface area contributed by atoms with Gasteiger partial charge in [-0.3, -0.25) is 18.7 Å². The highest BCUT2D eigenvalue weighted by molar-refractivity contribution is 5.36. The summed E-state index contributed by atoms with van der Waals surface area (Å²) < 4.78 is 3.34. The zero-order valence-electron chi connectivity index (χ0n) is 12.7. The first-order valence-electron chi connectivity index (χ1n) is 6.52. The van der Waals surface area contributed by atoms with E-state index in [9.17, 15) is 14.4 Å². The molecular formula is C14H15N5O3. The molecule has 0 radical (unpaired) electrons.